The normalized spacial score (nSPS) is 14.0. The summed E-state index contributed by atoms with van der Waals surface area (Å²) in [6.45, 7) is 0.280. The van der Waals surface area contributed by atoms with E-state index in [1.54, 1.807) is 6.07 Å². The molecular weight excluding hydrogens is 203 g/mol. The van der Waals surface area contributed by atoms with Gasteiger partial charge >= 0.3 is 5.97 Å². The SMILES string of the molecule is COC(=O)c1ccc2c(c1F)OCOC2. The van der Waals surface area contributed by atoms with Crippen molar-refractivity contribution in [2.24, 2.45) is 0 Å². The number of fused-ring (bicyclic) bond motifs is 1. The fourth-order valence-corrected chi connectivity index (χ4v) is 1.39. The number of benzene rings is 1. The number of rotatable bonds is 1. The average Bonchev–Trinajstić information content (AvgIpc) is 2.29. The summed E-state index contributed by atoms with van der Waals surface area (Å²) in [6, 6.07) is 2.95. The van der Waals surface area contributed by atoms with Crippen molar-refractivity contribution in [2.45, 2.75) is 6.61 Å². The average molecular weight is 212 g/mol. The van der Waals surface area contributed by atoms with Gasteiger partial charge in [-0.25, -0.2) is 9.18 Å². The second-order valence-corrected chi connectivity index (χ2v) is 3.02. The molecule has 0 bridgehead atoms. The van der Waals surface area contributed by atoms with Gasteiger partial charge in [0.1, 0.15) is 0 Å². The van der Waals surface area contributed by atoms with Gasteiger partial charge in [0, 0.05) is 5.56 Å². The molecule has 1 heterocycles. The highest BCUT2D eigenvalue weighted by Crippen LogP contribution is 2.29. The lowest BCUT2D eigenvalue weighted by molar-refractivity contribution is -0.0192. The summed E-state index contributed by atoms with van der Waals surface area (Å²) >= 11 is 0. The van der Waals surface area contributed by atoms with E-state index in [1.807, 2.05) is 0 Å². The summed E-state index contributed by atoms with van der Waals surface area (Å²) < 4.78 is 28.1. The first kappa shape index (κ1) is 9.92. The lowest BCUT2D eigenvalue weighted by Crippen LogP contribution is -2.15. The summed E-state index contributed by atoms with van der Waals surface area (Å²) in [6.07, 6.45) is 0. The van der Waals surface area contributed by atoms with Gasteiger partial charge in [-0.2, -0.15) is 0 Å². The molecule has 2 rings (SSSR count). The van der Waals surface area contributed by atoms with Gasteiger partial charge < -0.3 is 14.2 Å². The van der Waals surface area contributed by atoms with Crippen LogP contribution in [0.1, 0.15) is 15.9 Å². The number of carbonyl (C=O) groups excluding carboxylic acids is 1. The van der Waals surface area contributed by atoms with Crippen LogP contribution in [0.25, 0.3) is 0 Å². The maximum atomic E-state index is 13.7. The van der Waals surface area contributed by atoms with E-state index >= 15 is 0 Å². The first-order valence-corrected chi connectivity index (χ1v) is 4.34. The van der Waals surface area contributed by atoms with Crippen LogP contribution in [0.5, 0.6) is 5.75 Å². The Morgan fingerprint density at radius 1 is 1.53 bits per heavy atom. The number of ether oxygens (including phenoxy) is 3. The van der Waals surface area contributed by atoms with Gasteiger partial charge in [-0.15, -0.1) is 0 Å². The van der Waals surface area contributed by atoms with Crippen molar-refractivity contribution in [1.29, 1.82) is 0 Å². The zero-order valence-corrected chi connectivity index (χ0v) is 8.08. The molecule has 0 saturated carbocycles. The molecule has 0 spiro atoms. The Morgan fingerprint density at radius 3 is 3.07 bits per heavy atom. The zero-order chi connectivity index (χ0) is 10.8. The van der Waals surface area contributed by atoms with Crippen LogP contribution in [0.2, 0.25) is 0 Å². The summed E-state index contributed by atoms with van der Waals surface area (Å²) in [7, 11) is 1.20. The molecule has 80 valence electrons. The maximum Gasteiger partial charge on any atom is 0.340 e. The molecule has 0 saturated heterocycles. The third-order valence-corrected chi connectivity index (χ3v) is 2.13. The Kier molecular flexibility index (Phi) is 2.55. The molecule has 0 aliphatic carbocycles. The van der Waals surface area contributed by atoms with Crippen molar-refractivity contribution in [3.8, 4) is 5.75 Å². The fraction of sp³-hybridized carbons (Fsp3) is 0.300. The fourth-order valence-electron chi connectivity index (χ4n) is 1.39. The van der Waals surface area contributed by atoms with Crippen molar-refractivity contribution >= 4 is 5.97 Å². The van der Waals surface area contributed by atoms with E-state index < -0.39 is 11.8 Å². The van der Waals surface area contributed by atoms with E-state index in [-0.39, 0.29) is 24.7 Å². The predicted molar refractivity (Wildman–Crippen MR) is 48.0 cm³/mol. The van der Waals surface area contributed by atoms with Crippen molar-refractivity contribution in [2.75, 3.05) is 13.9 Å². The summed E-state index contributed by atoms with van der Waals surface area (Å²) in [5.74, 6) is -1.34. The Balaban J connectivity index is 2.47. The van der Waals surface area contributed by atoms with E-state index in [2.05, 4.69) is 4.74 Å². The quantitative estimate of drug-likeness (QED) is 0.661. The highest BCUT2D eigenvalue weighted by molar-refractivity contribution is 5.90. The zero-order valence-electron chi connectivity index (χ0n) is 8.08. The standard InChI is InChI=1S/C10H9FO4/c1-13-10(12)7-3-2-6-4-14-5-15-9(6)8(7)11/h2-3H,4-5H2,1H3. The molecular formula is C10H9FO4. The number of halogens is 1. The molecule has 1 aromatic rings. The Hall–Kier alpha value is -1.62. The molecule has 4 nitrogen and oxygen atoms in total. The number of methoxy groups -OCH3 is 1. The molecule has 1 aliphatic rings. The summed E-state index contributed by atoms with van der Waals surface area (Å²) in [5, 5.41) is 0. The molecule has 1 aliphatic heterocycles. The molecule has 0 unspecified atom stereocenters. The number of carbonyl (C=O) groups is 1. The molecule has 0 atom stereocenters. The van der Waals surface area contributed by atoms with Gasteiger partial charge in [-0.1, -0.05) is 6.07 Å². The highest BCUT2D eigenvalue weighted by Gasteiger charge is 2.22. The van der Waals surface area contributed by atoms with E-state index in [4.69, 9.17) is 9.47 Å². The lowest BCUT2D eigenvalue weighted by atomic mass is 10.1. The first-order valence-electron chi connectivity index (χ1n) is 4.34. The minimum atomic E-state index is -0.717. The van der Waals surface area contributed by atoms with Crippen LogP contribution in [0.3, 0.4) is 0 Å². The van der Waals surface area contributed by atoms with Gasteiger partial charge in [-0.3, -0.25) is 0 Å². The molecule has 0 amide bonds. The molecule has 0 aromatic heterocycles. The highest BCUT2D eigenvalue weighted by atomic mass is 19.1. The predicted octanol–water partition coefficient (Wildman–Crippen LogP) is 1.48. The Labute approximate surface area is 85.6 Å². The summed E-state index contributed by atoms with van der Waals surface area (Å²) in [4.78, 5) is 11.2. The first-order chi connectivity index (χ1) is 7.24. The van der Waals surface area contributed by atoms with Crippen LogP contribution >= 0.6 is 0 Å². The van der Waals surface area contributed by atoms with E-state index in [1.165, 1.54) is 13.2 Å². The Bertz CT molecular complexity index is 403. The van der Waals surface area contributed by atoms with Gasteiger partial charge in [0.25, 0.3) is 0 Å². The van der Waals surface area contributed by atoms with Crippen LogP contribution in [-0.4, -0.2) is 19.9 Å². The van der Waals surface area contributed by atoms with Crippen molar-refractivity contribution in [3.05, 3.63) is 29.1 Å². The van der Waals surface area contributed by atoms with Crippen molar-refractivity contribution < 1.29 is 23.4 Å². The third kappa shape index (κ3) is 1.66. The monoisotopic (exact) mass is 212 g/mol. The van der Waals surface area contributed by atoms with E-state index in [9.17, 15) is 9.18 Å². The smallest absolute Gasteiger partial charge is 0.340 e. The molecule has 0 N–H and O–H groups in total. The van der Waals surface area contributed by atoms with Crippen LogP contribution in [-0.2, 0) is 16.1 Å². The Morgan fingerprint density at radius 2 is 2.33 bits per heavy atom. The lowest BCUT2D eigenvalue weighted by Gasteiger charge is -2.18. The van der Waals surface area contributed by atoms with E-state index in [0.29, 0.717) is 5.56 Å². The molecule has 0 fully saturated rings. The second-order valence-electron chi connectivity index (χ2n) is 3.02. The summed E-state index contributed by atoms with van der Waals surface area (Å²) in [5.41, 5.74) is 0.463. The molecule has 1 aromatic carbocycles. The third-order valence-electron chi connectivity index (χ3n) is 2.13. The van der Waals surface area contributed by atoms with Gasteiger partial charge in [0.2, 0.25) is 0 Å². The topological polar surface area (TPSA) is 44.8 Å². The van der Waals surface area contributed by atoms with Crippen LogP contribution < -0.4 is 4.74 Å². The largest absolute Gasteiger partial charge is 0.465 e. The van der Waals surface area contributed by atoms with Crippen LogP contribution in [0.4, 0.5) is 4.39 Å². The van der Waals surface area contributed by atoms with Gasteiger partial charge in [-0.05, 0) is 6.07 Å². The minimum absolute atomic E-state index is 0.00541. The minimum Gasteiger partial charge on any atom is -0.465 e. The molecule has 0 radical (unpaired) electrons. The number of hydrogen-bond donors (Lipinski definition) is 0. The van der Waals surface area contributed by atoms with Crippen LogP contribution in [0.15, 0.2) is 12.1 Å². The van der Waals surface area contributed by atoms with E-state index in [0.717, 1.165) is 0 Å². The second kappa shape index (κ2) is 3.86. The maximum absolute atomic E-state index is 13.7. The molecule has 15 heavy (non-hydrogen) atoms. The van der Waals surface area contributed by atoms with Crippen molar-refractivity contribution in [3.63, 3.8) is 0 Å². The van der Waals surface area contributed by atoms with Gasteiger partial charge in [0.15, 0.2) is 18.4 Å². The van der Waals surface area contributed by atoms with Crippen molar-refractivity contribution in [1.82, 2.24) is 0 Å². The number of esters is 1. The molecule has 5 heteroatoms. The van der Waals surface area contributed by atoms with Gasteiger partial charge in [0.05, 0.1) is 19.3 Å². The number of hydrogen-bond acceptors (Lipinski definition) is 4. The van der Waals surface area contributed by atoms with Crippen LogP contribution in [0, 0.1) is 5.82 Å².